The van der Waals surface area contributed by atoms with Gasteiger partial charge in [-0.2, -0.15) is 11.8 Å². The topological polar surface area (TPSA) is 24.9 Å². The van der Waals surface area contributed by atoms with Crippen molar-refractivity contribution in [2.24, 2.45) is 0 Å². The normalized spacial score (nSPS) is 12.9. The zero-order valence-corrected chi connectivity index (χ0v) is 12.1. The third-order valence-corrected chi connectivity index (χ3v) is 4.43. The molecule has 1 atom stereocenters. The maximum atomic E-state index is 4.59. The lowest BCUT2D eigenvalue weighted by Gasteiger charge is -2.10. The number of thiazole rings is 1. The third kappa shape index (κ3) is 4.85. The van der Waals surface area contributed by atoms with Gasteiger partial charge in [0.2, 0.25) is 0 Å². The maximum Gasteiger partial charge on any atom is 0.0926 e. The van der Waals surface area contributed by atoms with E-state index >= 15 is 0 Å². The Morgan fingerprint density at radius 3 is 2.94 bits per heavy atom. The van der Waals surface area contributed by atoms with Crippen LogP contribution in [0.15, 0.2) is 5.38 Å². The summed E-state index contributed by atoms with van der Waals surface area (Å²) in [4.78, 5) is 4.59. The number of hydrogen-bond acceptors (Lipinski definition) is 4. The average Bonchev–Trinajstić information content (AvgIpc) is 2.77. The molecular weight excluding hydrogens is 236 g/mol. The summed E-state index contributed by atoms with van der Waals surface area (Å²) in [5, 5.41) is 6.94. The molecule has 16 heavy (non-hydrogen) atoms. The summed E-state index contributed by atoms with van der Waals surface area (Å²) in [5.41, 5.74) is 1.20. The highest BCUT2D eigenvalue weighted by molar-refractivity contribution is 7.99. The number of thioether (sulfide) groups is 1. The molecule has 0 spiro atoms. The van der Waals surface area contributed by atoms with Gasteiger partial charge in [-0.1, -0.05) is 13.8 Å². The van der Waals surface area contributed by atoms with Crippen LogP contribution < -0.4 is 5.32 Å². The molecule has 1 N–H and O–H groups in total. The molecule has 92 valence electrons. The van der Waals surface area contributed by atoms with Crippen LogP contribution in [0.2, 0.25) is 0 Å². The van der Waals surface area contributed by atoms with Crippen LogP contribution in [0, 0.1) is 0 Å². The van der Waals surface area contributed by atoms with Crippen LogP contribution >= 0.6 is 23.1 Å². The van der Waals surface area contributed by atoms with Crippen LogP contribution in [0.5, 0.6) is 0 Å². The summed E-state index contributed by atoms with van der Waals surface area (Å²) in [6.07, 6.45) is 2.29. The van der Waals surface area contributed by atoms with Crippen LogP contribution in [0.3, 0.4) is 0 Å². The Bertz CT molecular complexity index is 286. The van der Waals surface area contributed by atoms with Crippen LogP contribution in [0.25, 0.3) is 0 Å². The summed E-state index contributed by atoms with van der Waals surface area (Å²) < 4.78 is 0. The largest absolute Gasteiger partial charge is 0.309 e. The Kier molecular flexibility index (Phi) is 7.08. The van der Waals surface area contributed by atoms with Gasteiger partial charge in [0.05, 0.1) is 10.7 Å². The molecule has 2 nitrogen and oxygen atoms in total. The molecule has 1 unspecified atom stereocenters. The number of nitrogens with one attached hydrogen (secondary N) is 1. The van der Waals surface area contributed by atoms with E-state index in [0.29, 0.717) is 6.04 Å². The van der Waals surface area contributed by atoms with Gasteiger partial charge in [-0.25, -0.2) is 4.98 Å². The number of nitrogens with zero attached hydrogens (tertiary/aromatic N) is 1. The highest BCUT2D eigenvalue weighted by Gasteiger charge is 2.08. The summed E-state index contributed by atoms with van der Waals surface area (Å²) in [6.45, 7) is 7.65. The summed E-state index contributed by atoms with van der Waals surface area (Å²) in [5.74, 6) is 2.48. The fraction of sp³-hybridized carbons (Fsp3) is 0.750. The minimum atomic E-state index is 0.392. The average molecular weight is 258 g/mol. The molecule has 0 bridgehead atoms. The predicted octanol–water partition coefficient (Wildman–Crippen LogP) is 3.50. The van der Waals surface area contributed by atoms with Crippen molar-refractivity contribution < 1.29 is 0 Å². The Morgan fingerprint density at radius 2 is 2.31 bits per heavy atom. The fourth-order valence-corrected chi connectivity index (χ4v) is 2.90. The van der Waals surface area contributed by atoms with Gasteiger partial charge in [-0.15, -0.1) is 11.3 Å². The highest BCUT2D eigenvalue weighted by atomic mass is 32.2. The smallest absolute Gasteiger partial charge is 0.0926 e. The first-order valence-electron chi connectivity index (χ1n) is 6.03. The zero-order valence-electron chi connectivity index (χ0n) is 10.5. The van der Waals surface area contributed by atoms with Crippen LogP contribution in [0.4, 0.5) is 0 Å². The molecule has 0 aromatic carbocycles. The van der Waals surface area contributed by atoms with E-state index in [9.17, 15) is 0 Å². The molecule has 0 aliphatic rings. The van der Waals surface area contributed by atoms with Crippen LogP contribution in [0.1, 0.15) is 43.9 Å². The van der Waals surface area contributed by atoms with Crippen molar-refractivity contribution >= 4 is 23.1 Å². The summed E-state index contributed by atoms with van der Waals surface area (Å²) in [6, 6.07) is 0.392. The standard InChI is InChI=1S/C12H22N2S2/c1-4-12-14-11(9-16-12)10(3)13-7-6-8-15-5-2/h9-10,13H,4-8H2,1-3H3. The monoisotopic (exact) mass is 258 g/mol. The first kappa shape index (κ1) is 14.0. The summed E-state index contributed by atoms with van der Waals surface area (Å²) in [7, 11) is 0. The van der Waals surface area contributed by atoms with Crippen molar-refractivity contribution in [1.82, 2.24) is 10.3 Å². The molecule has 0 saturated carbocycles. The molecule has 0 radical (unpaired) electrons. The van der Waals surface area contributed by atoms with Crippen molar-refractivity contribution in [3.05, 3.63) is 16.1 Å². The fourth-order valence-electron chi connectivity index (χ4n) is 1.43. The van der Waals surface area contributed by atoms with Gasteiger partial charge in [0.1, 0.15) is 0 Å². The van der Waals surface area contributed by atoms with E-state index in [0.717, 1.165) is 13.0 Å². The SMILES string of the molecule is CCSCCCNC(C)c1csc(CC)n1. The van der Waals surface area contributed by atoms with Gasteiger partial charge in [-0.05, 0) is 37.8 Å². The van der Waals surface area contributed by atoms with Crippen LogP contribution in [-0.2, 0) is 6.42 Å². The molecular formula is C12H22N2S2. The van der Waals surface area contributed by atoms with Crippen molar-refractivity contribution in [1.29, 1.82) is 0 Å². The number of aryl methyl sites for hydroxylation is 1. The summed E-state index contributed by atoms with van der Waals surface area (Å²) >= 11 is 3.78. The quantitative estimate of drug-likeness (QED) is 0.722. The van der Waals surface area contributed by atoms with E-state index < -0.39 is 0 Å². The van der Waals surface area contributed by atoms with Gasteiger partial charge in [0.15, 0.2) is 0 Å². The second-order valence-electron chi connectivity index (χ2n) is 3.75. The molecule has 1 aromatic rings. The Morgan fingerprint density at radius 1 is 1.50 bits per heavy atom. The lowest BCUT2D eigenvalue weighted by molar-refractivity contribution is 0.561. The molecule has 0 saturated heterocycles. The minimum Gasteiger partial charge on any atom is -0.309 e. The van der Waals surface area contributed by atoms with Gasteiger partial charge in [0.25, 0.3) is 0 Å². The maximum absolute atomic E-state index is 4.59. The Labute approximate surface area is 107 Å². The van der Waals surface area contributed by atoms with E-state index in [-0.39, 0.29) is 0 Å². The second-order valence-corrected chi connectivity index (χ2v) is 6.08. The van der Waals surface area contributed by atoms with Crippen molar-refractivity contribution in [3.63, 3.8) is 0 Å². The van der Waals surface area contributed by atoms with Crippen LogP contribution in [-0.4, -0.2) is 23.0 Å². The van der Waals surface area contributed by atoms with Gasteiger partial charge in [-0.3, -0.25) is 0 Å². The van der Waals surface area contributed by atoms with E-state index in [1.165, 1.54) is 28.6 Å². The molecule has 1 aromatic heterocycles. The van der Waals surface area contributed by atoms with Gasteiger partial charge in [0, 0.05) is 11.4 Å². The van der Waals surface area contributed by atoms with E-state index in [4.69, 9.17) is 0 Å². The van der Waals surface area contributed by atoms with E-state index in [2.05, 4.69) is 36.5 Å². The van der Waals surface area contributed by atoms with E-state index in [1.54, 1.807) is 11.3 Å². The zero-order chi connectivity index (χ0) is 11.8. The molecule has 0 fully saturated rings. The van der Waals surface area contributed by atoms with E-state index in [1.807, 2.05) is 11.8 Å². The van der Waals surface area contributed by atoms with Gasteiger partial charge >= 0.3 is 0 Å². The molecule has 4 heteroatoms. The lowest BCUT2D eigenvalue weighted by atomic mass is 10.2. The molecule has 1 heterocycles. The predicted molar refractivity (Wildman–Crippen MR) is 75.5 cm³/mol. The first-order chi connectivity index (χ1) is 7.77. The van der Waals surface area contributed by atoms with Crippen molar-refractivity contribution in [3.8, 4) is 0 Å². The Hall–Kier alpha value is -0.0600. The van der Waals surface area contributed by atoms with Crippen molar-refractivity contribution in [2.75, 3.05) is 18.1 Å². The van der Waals surface area contributed by atoms with Crippen molar-refractivity contribution in [2.45, 2.75) is 39.7 Å². The minimum absolute atomic E-state index is 0.392. The lowest BCUT2D eigenvalue weighted by Crippen LogP contribution is -2.20. The number of hydrogen-bond donors (Lipinski definition) is 1. The molecule has 1 rings (SSSR count). The number of aromatic nitrogens is 1. The highest BCUT2D eigenvalue weighted by Crippen LogP contribution is 2.16. The van der Waals surface area contributed by atoms with Gasteiger partial charge < -0.3 is 5.32 Å². The second kappa shape index (κ2) is 8.09. The number of rotatable bonds is 8. The molecule has 0 aliphatic carbocycles. The third-order valence-electron chi connectivity index (χ3n) is 2.44. The molecule has 0 amide bonds. The molecule has 0 aliphatic heterocycles. The first-order valence-corrected chi connectivity index (χ1v) is 8.06. The Balaban J connectivity index is 2.21.